The topological polar surface area (TPSA) is 126 Å². The number of aromatic hydroxyl groups is 1. The SMILES string of the molecule is Cc1nn2c(=O)c(C(N)=O)c(O)n(CC(C)(C)C)c2c1C=CC(=O)N1CCN(C2CC(F)(F)C2)CC1. The Morgan fingerprint density at radius 1 is 1.19 bits per heavy atom. The van der Waals surface area contributed by atoms with Crippen LogP contribution in [0.5, 0.6) is 5.88 Å². The third-order valence-electron chi connectivity index (χ3n) is 6.70. The average molecular weight is 507 g/mol. The normalized spacial score (nSPS) is 19.2. The molecule has 2 aliphatic rings. The van der Waals surface area contributed by atoms with Crippen LogP contribution >= 0.6 is 0 Å². The molecule has 0 aromatic carbocycles. The number of amides is 2. The van der Waals surface area contributed by atoms with Crippen molar-refractivity contribution in [3.63, 3.8) is 0 Å². The van der Waals surface area contributed by atoms with Gasteiger partial charge in [-0.1, -0.05) is 20.8 Å². The largest absolute Gasteiger partial charge is 0.494 e. The number of aromatic nitrogens is 3. The maximum Gasteiger partial charge on any atom is 0.291 e. The zero-order valence-electron chi connectivity index (χ0n) is 20.9. The van der Waals surface area contributed by atoms with Crippen molar-refractivity contribution < 1.29 is 23.5 Å². The number of carbonyl (C=O) groups excluding carboxylic acids is 2. The van der Waals surface area contributed by atoms with Crippen molar-refractivity contribution in [1.82, 2.24) is 24.0 Å². The number of carbonyl (C=O) groups is 2. The lowest BCUT2D eigenvalue weighted by atomic mass is 9.86. The number of piperazine rings is 1. The standard InChI is InChI=1S/C24H32F2N6O4/c1-14-16(5-6-17(33)30-9-7-29(8-10-30)15-11-24(25,26)12-15)20-31(13-23(2,3)4)21(35)18(19(27)34)22(36)32(20)28-14/h5-6,15,35H,7-13H2,1-4H3,(H2,27,34). The van der Waals surface area contributed by atoms with Crippen LogP contribution in [0, 0.1) is 12.3 Å². The fraction of sp³-hybridized carbons (Fsp3) is 0.583. The van der Waals surface area contributed by atoms with E-state index in [0.717, 1.165) is 4.52 Å². The molecule has 0 unspecified atom stereocenters. The molecule has 2 amide bonds. The van der Waals surface area contributed by atoms with Gasteiger partial charge in [0.25, 0.3) is 17.4 Å². The minimum absolute atomic E-state index is 0.130. The molecule has 1 aliphatic carbocycles. The average Bonchev–Trinajstić information content (AvgIpc) is 3.09. The monoisotopic (exact) mass is 506 g/mol. The number of hydrogen-bond acceptors (Lipinski definition) is 6. The highest BCUT2D eigenvalue weighted by molar-refractivity contribution is 5.96. The lowest BCUT2D eigenvalue weighted by Gasteiger charge is -2.46. The summed E-state index contributed by atoms with van der Waals surface area (Å²) in [5.74, 6) is -4.44. The summed E-state index contributed by atoms with van der Waals surface area (Å²) in [6.45, 7) is 9.60. The Hall–Kier alpha value is -3.28. The molecule has 10 nitrogen and oxygen atoms in total. The first-order chi connectivity index (χ1) is 16.7. The number of rotatable bonds is 5. The lowest BCUT2D eigenvalue weighted by molar-refractivity contribution is -0.139. The number of halogens is 2. The van der Waals surface area contributed by atoms with Crippen LogP contribution in [0.4, 0.5) is 8.78 Å². The molecule has 0 bridgehead atoms. The number of nitrogens with zero attached hydrogens (tertiary/aromatic N) is 5. The highest BCUT2D eigenvalue weighted by atomic mass is 19.3. The summed E-state index contributed by atoms with van der Waals surface area (Å²) in [6.07, 6.45) is 2.66. The molecular weight excluding hydrogens is 474 g/mol. The van der Waals surface area contributed by atoms with Crippen molar-refractivity contribution in [2.45, 2.75) is 59.0 Å². The molecule has 2 fully saturated rings. The van der Waals surface area contributed by atoms with E-state index in [1.54, 1.807) is 17.9 Å². The first-order valence-corrected chi connectivity index (χ1v) is 11.9. The predicted molar refractivity (Wildman–Crippen MR) is 129 cm³/mol. The molecule has 3 N–H and O–H groups in total. The summed E-state index contributed by atoms with van der Waals surface area (Å²) in [5, 5.41) is 15.1. The minimum Gasteiger partial charge on any atom is -0.494 e. The molecule has 1 saturated carbocycles. The molecule has 2 aromatic heterocycles. The third-order valence-corrected chi connectivity index (χ3v) is 6.70. The van der Waals surface area contributed by atoms with E-state index in [1.807, 2.05) is 25.7 Å². The predicted octanol–water partition coefficient (Wildman–Crippen LogP) is 1.61. The Labute approximate surface area is 207 Å². The molecule has 0 atom stereocenters. The smallest absolute Gasteiger partial charge is 0.291 e. The Morgan fingerprint density at radius 3 is 2.33 bits per heavy atom. The summed E-state index contributed by atoms with van der Waals surface area (Å²) < 4.78 is 28.8. The van der Waals surface area contributed by atoms with E-state index in [1.165, 1.54) is 10.6 Å². The summed E-state index contributed by atoms with van der Waals surface area (Å²) in [5.41, 5.74) is 4.74. The Balaban J connectivity index is 1.61. The van der Waals surface area contributed by atoms with Crippen molar-refractivity contribution >= 4 is 23.5 Å². The van der Waals surface area contributed by atoms with Gasteiger partial charge in [0, 0.05) is 63.2 Å². The van der Waals surface area contributed by atoms with Crippen LogP contribution < -0.4 is 11.3 Å². The van der Waals surface area contributed by atoms with Crippen LogP contribution in [0.1, 0.15) is 55.2 Å². The van der Waals surface area contributed by atoms with Gasteiger partial charge in [-0.25, -0.2) is 8.78 Å². The van der Waals surface area contributed by atoms with Crippen LogP contribution in [0.25, 0.3) is 11.7 Å². The Kier molecular flexibility index (Phi) is 6.44. The van der Waals surface area contributed by atoms with Crippen LogP contribution in [0.15, 0.2) is 10.9 Å². The van der Waals surface area contributed by atoms with Gasteiger partial charge < -0.3 is 15.7 Å². The molecule has 0 radical (unpaired) electrons. The maximum absolute atomic E-state index is 13.2. The lowest BCUT2D eigenvalue weighted by Crippen LogP contribution is -2.57. The summed E-state index contributed by atoms with van der Waals surface area (Å²) in [4.78, 5) is 41.3. The maximum atomic E-state index is 13.2. The van der Waals surface area contributed by atoms with Gasteiger partial charge in [0.15, 0.2) is 5.56 Å². The molecule has 1 saturated heterocycles. The van der Waals surface area contributed by atoms with Gasteiger partial charge >= 0.3 is 0 Å². The van der Waals surface area contributed by atoms with Crippen molar-refractivity contribution in [2.24, 2.45) is 11.1 Å². The van der Waals surface area contributed by atoms with E-state index in [4.69, 9.17) is 5.73 Å². The molecule has 12 heteroatoms. The number of nitrogens with two attached hydrogens (primary N) is 1. The second-order valence-electron chi connectivity index (χ2n) is 10.9. The van der Waals surface area contributed by atoms with Crippen LogP contribution in [0.3, 0.4) is 0 Å². The Morgan fingerprint density at radius 2 is 1.81 bits per heavy atom. The minimum atomic E-state index is -2.58. The van der Waals surface area contributed by atoms with Crippen LogP contribution in [-0.4, -0.2) is 79.0 Å². The zero-order chi connectivity index (χ0) is 26.6. The Bertz CT molecular complexity index is 1290. The van der Waals surface area contributed by atoms with Crippen LogP contribution in [-0.2, 0) is 11.3 Å². The van der Waals surface area contributed by atoms with E-state index < -0.39 is 28.8 Å². The highest BCUT2D eigenvalue weighted by Crippen LogP contribution is 2.40. The number of aryl methyl sites for hydroxylation is 1. The molecule has 36 heavy (non-hydrogen) atoms. The van der Waals surface area contributed by atoms with E-state index in [9.17, 15) is 28.3 Å². The molecule has 1 aliphatic heterocycles. The molecular formula is C24H32F2N6O4. The van der Waals surface area contributed by atoms with Crippen molar-refractivity contribution in [1.29, 1.82) is 0 Å². The second kappa shape index (κ2) is 8.99. The van der Waals surface area contributed by atoms with Gasteiger partial charge in [-0.3, -0.25) is 23.9 Å². The van der Waals surface area contributed by atoms with Gasteiger partial charge in [0.1, 0.15) is 5.65 Å². The number of hydrogen-bond donors (Lipinski definition) is 2. The van der Waals surface area contributed by atoms with E-state index >= 15 is 0 Å². The van der Waals surface area contributed by atoms with E-state index in [2.05, 4.69) is 5.10 Å². The zero-order valence-corrected chi connectivity index (χ0v) is 20.9. The number of alkyl halides is 2. The van der Waals surface area contributed by atoms with Gasteiger partial charge in [-0.15, -0.1) is 0 Å². The summed E-state index contributed by atoms with van der Waals surface area (Å²) in [7, 11) is 0. The van der Waals surface area contributed by atoms with E-state index in [-0.39, 0.29) is 42.4 Å². The fourth-order valence-corrected chi connectivity index (χ4v) is 4.86. The first kappa shape index (κ1) is 25.8. The van der Waals surface area contributed by atoms with Gasteiger partial charge in [-0.05, 0) is 18.4 Å². The summed E-state index contributed by atoms with van der Waals surface area (Å²) >= 11 is 0. The van der Waals surface area contributed by atoms with Crippen molar-refractivity contribution in [2.75, 3.05) is 26.2 Å². The van der Waals surface area contributed by atoms with E-state index in [0.29, 0.717) is 37.4 Å². The highest BCUT2D eigenvalue weighted by Gasteiger charge is 2.48. The quantitative estimate of drug-likeness (QED) is 0.594. The fourth-order valence-electron chi connectivity index (χ4n) is 4.86. The first-order valence-electron chi connectivity index (χ1n) is 11.9. The number of primary amides is 1. The van der Waals surface area contributed by atoms with Gasteiger partial charge in [0.05, 0.1) is 5.69 Å². The third kappa shape index (κ3) is 4.86. The molecule has 2 aromatic rings. The molecule has 0 spiro atoms. The van der Waals surface area contributed by atoms with Crippen molar-refractivity contribution in [3.05, 3.63) is 33.3 Å². The van der Waals surface area contributed by atoms with Crippen LogP contribution in [0.2, 0.25) is 0 Å². The second-order valence-corrected chi connectivity index (χ2v) is 10.9. The van der Waals surface area contributed by atoms with Gasteiger partial charge in [0.2, 0.25) is 11.8 Å². The molecule has 4 rings (SSSR count). The molecule has 196 valence electrons. The van der Waals surface area contributed by atoms with Crippen molar-refractivity contribution in [3.8, 4) is 5.88 Å². The summed E-state index contributed by atoms with van der Waals surface area (Å²) in [6, 6.07) is -0.133. The van der Waals surface area contributed by atoms with Gasteiger partial charge in [-0.2, -0.15) is 9.61 Å². The molecule has 3 heterocycles. The number of fused-ring (bicyclic) bond motifs is 1.